The third-order valence-corrected chi connectivity index (χ3v) is 1.74. The zero-order valence-corrected chi connectivity index (χ0v) is 9.37. The van der Waals surface area contributed by atoms with Crippen LogP contribution in [0.3, 0.4) is 0 Å². The van der Waals surface area contributed by atoms with E-state index in [2.05, 4.69) is 5.43 Å². The maximum atomic E-state index is 12.8. The predicted molar refractivity (Wildman–Crippen MR) is 57.9 cm³/mol. The number of carbonyl (C=O) groups is 1. The molecule has 1 aromatic rings. The van der Waals surface area contributed by atoms with Crippen molar-refractivity contribution in [1.29, 1.82) is 0 Å². The Morgan fingerprint density at radius 2 is 2.25 bits per heavy atom. The Morgan fingerprint density at radius 1 is 1.50 bits per heavy atom. The van der Waals surface area contributed by atoms with Crippen molar-refractivity contribution >= 4 is 5.91 Å². The van der Waals surface area contributed by atoms with Crippen molar-refractivity contribution in [3.05, 3.63) is 35.6 Å². The Bertz CT molecular complexity index is 356. The van der Waals surface area contributed by atoms with Gasteiger partial charge in [0.1, 0.15) is 12.4 Å². The van der Waals surface area contributed by atoms with Crippen molar-refractivity contribution in [3.63, 3.8) is 0 Å². The number of hydrazine groups is 1. The van der Waals surface area contributed by atoms with E-state index in [4.69, 9.17) is 4.74 Å². The van der Waals surface area contributed by atoms with Crippen LogP contribution in [-0.2, 0) is 16.1 Å². The fraction of sp³-hybridized carbons (Fsp3) is 0.364. The highest BCUT2D eigenvalue weighted by Gasteiger charge is 2.02. The second-order valence-electron chi connectivity index (χ2n) is 3.55. The first-order valence-electron chi connectivity index (χ1n) is 4.87. The molecule has 0 atom stereocenters. The van der Waals surface area contributed by atoms with Gasteiger partial charge in [-0.1, -0.05) is 12.1 Å². The first kappa shape index (κ1) is 12.6. The summed E-state index contributed by atoms with van der Waals surface area (Å²) >= 11 is 0. The lowest BCUT2D eigenvalue weighted by Crippen LogP contribution is -2.38. The van der Waals surface area contributed by atoms with Gasteiger partial charge >= 0.3 is 0 Å². The molecule has 1 rings (SSSR count). The van der Waals surface area contributed by atoms with E-state index in [0.717, 1.165) is 0 Å². The standard InChI is InChI=1S/C11H15FN2O2/c1-14(2)13-11(15)8-16-7-9-4-3-5-10(12)6-9/h3-6H,7-8H2,1-2H3,(H,13,15). The lowest BCUT2D eigenvalue weighted by Gasteiger charge is -2.11. The molecule has 1 aromatic carbocycles. The Balaban J connectivity index is 2.28. The van der Waals surface area contributed by atoms with Crippen LogP contribution in [0.25, 0.3) is 0 Å². The zero-order valence-electron chi connectivity index (χ0n) is 9.37. The van der Waals surface area contributed by atoms with Crippen molar-refractivity contribution in [1.82, 2.24) is 10.4 Å². The highest BCUT2D eigenvalue weighted by molar-refractivity contribution is 5.76. The lowest BCUT2D eigenvalue weighted by atomic mass is 10.2. The van der Waals surface area contributed by atoms with E-state index in [1.807, 2.05) is 0 Å². The summed E-state index contributed by atoms with van der Waals surface area (Å²) in [5.74, 6) is -0.541. The van der Waals surface area contributed by atoms with Gasteiger partial charge in [0.15, 0.2) is 0 Å². The molecule has 0 aromatic heterocycles. The van der Waals surface area contributed by atoms with Crippen LogP contribution in [0.1, 0.15) is 5.56 Å². The number of hydrogen-bond donors (Lipinski definition) is 1. The summed E-state index contributed by atoms with van der Waals surface area (Å²) in [6.45, 7) is 0.174. The molecule has 1 amide bonds. The Labute approximate surface area is 94.0 Å². The highest BCUT2D eigenvalue weighted by atomic mass is 19.1. The topological polar surface area (TPSA) is 41.6 Å². The molecule has 0 aliphatic carbocycles. The minimum atomic E-state index is -0.307. The molecular weight excluding hydrogens is 211 g/mol. The number of nitrogens with one attached hydrogen (secondary N) is 1. The molecule has 0 unspecified atom stereocenters. The molecule has 4 nitrogen and oxygen atoms in total. The summed E-state index contributed by atoms with van der Waals surface area (Å²) < 4.78 is 17.9. The smallest absolute Gasteiger partial charge is 0.260 e. The molecule has 1 N–H and O–H groups in total. The van der Waals surface area contributed by atoms with Gasteiger partial charge in [-0.05, 0) is 17.7 Å². The molecule has 16 heavy (non-hydrogen) atoms. The number of halogens is 1. The number of rotatable bonds is 5. The minimum Gasteiger partial charge on any atom is -0.367 e. The molecule has 0 aliphatic rings. The van der Waals surface area contributed by atoms with Crippen LogP contribution < -0.4 is 5.43 Å². The number of nitrogens with zero attached hydrogens (tertiary/aromatic N) is 1. The van der Waals surface area contributed by atoms with Gasteiger partial charge in [-0.25, -0.2) is 9.40 Å². The van der Waals surface area contributed by atoms with Crippen LogP contribution in [0.15, 0.2) is 24.3 Å². The summed E-state index contributed by atoms with van der Waals surface area (Å²) in [6, 6.07) is 6.09. The number of amides is 1. The van der Waals surface area contributed by atoms with E-state index in [1.165, 1.54) is 17.1 Å². The molecule has 0 saturated heterocycles. The fourth-order valence-corrected chi connectivity index (χ4v) is 1.17. The molecule has 0 heterocycles. The van der Waals surface area contributed by atoms with Crippen LogP contribution in [0.4, 0.5) is 4.39 Å². The first-order chi connectivity index (χ1) is 7.58. The van der Waals surface area contributed by atoms with E-state index in [-0.39, 0.29) is 24.9 Å². The van der Waals surface area contributed by atoms with Crippen molar-refractivity contribution in [2.45, 2.75) is 6.61 Å². The maximum Gasteiger partial charge on any atom is 0.260 e. The SMILES string of the molecule is CN(C)NC(=O)COCc1cccc(F)c1. The quantitative estimate of drug-likeness (QED) is 0.759. The molecular formula is C11H15FN2O2. The Hall–Kier alpha value is -1.46. The predicted octanol–water partition coefficient (Wildman–Crippen LogP) is 0.935. The van der Waals surface area contributed by atoms with Gasteiger partial charge in [0.2, 0.25) is 0 Å². The lowest BCUT2D eigenvalue weighted by molar-refractivity contribution is -0.129. The van der Waals surface area contributed by atoms with Crippen molar-refractivity contribution in [3.8, 4) is 0 Å². The fourth-order valence-electron chi connectivity index (χ4n) is 1.17. The van der Waals surface area contributed by atoms with E-state index in [0.29, 0.717) is 5.56 Å². The van der Waals surface area contributed by atoms with Crippen LogP contribution in [0, 0.1) is 5.82 Å². The first-order valence-corrected chi connectivity index (χ1v) is 4.87. The Morgan fingerprint density at radius 3 is 2.88 bits per heavy atom. The number of ether oxygens (including phenoxy) is 1. The van der Waals surface area contributed by atoms with Gasteiger partial charge in [0.25, 0.3) is 5.91 Å². The summed E-state index contributed by atoms with van der Waals surface area (Å²) in [5, 5.41) is 1.54. The average molecular weight is 226 g/mol. The molecule has 0 bridgehead atoms. The average Bonchev–Trinajstić information content (AvgIpc) is 2.16. The monoisotopic (exact) mass is 226 g/mol. The molecule has 88 valence electrons. The molecule has 0 aliphatic heterocycles. The van der Waals surface area contributed by atoms with E-state index < -0.39 is 0 Å². The largest absolute Gasteiger partial charge is 0.367 e. The number of hydrogen-bond acceptors (Lipinski definition) is 3. The van der Waals surface area contributed by atoms with Crippen molar-refractivity contribution < 1.29 is 13.9 Å². The van der Waals surface area contributed by atoms with Crippen LogP contribution in [0.5, 0.6) is 0 Å². The molecule has 0 saturated carbocycles. The molecule has 0 radical (unpaired) electrons. The van der Waals surface area contributed by atoms with Crippen LogP contribution >= 0.6 is 0 Å². The second-order valence-corrected chi connectivity index (χ2v) is 3.55. The van der Waals surface area contributed by atoms with Gasteiger partial charge < -0.3 is 4.74 Å². The van der Waals surface area contributed by atoms with Gasteiger partial charge in [0, 0.05) is 14.1 Å². The summed E-state index contributed by atoms with van der Waals surface area (Å²) in [6.07, 6.45) is 0. The molecule has 0 fully saturated rings. The highest BCUT2D eigenvalue weighted by Crippen LogP contribution is 2.04. The normalized spacial score (nSPS) is 10.5. The third-order valence-electron chi connectivity index (χ3n) is 1.74. The van der Waals surface area contributed by atoms with Gasteiger partial charge in [-0.3, -0.25) is 10.2 Å². The van der Waals surface area contributed by atoms with Crippen molar-refractivity contribution in [2.75, 3.05) is 20.7 Å². The summed E-state index contributed by atoms with van der Waals surface area (Å²) in [4.78, 5) is 11.2. The van der Waals surface area contributed by atoms with Gasteiger partial charge in [0.05, 0.1) is 6.61 Å². The van der Waals surface area contributed by atoms with Crippen LogP contribution in [-0.4, -0.2) is 31.6 Å². The molecule has 0 spiro atoms. The van der Waals surface area contributed by atoms with E-state index in [1.54, 1.807) is 26.2 Å². The van der Waals surface area contributed by atoms with E-state index in [9.17, 15) is 9.18 Å². The van der Waals surface area contributed by atoms with Gasteiger partial charge in [-0.15, -0.1) is 0 Å². The zero-order chi connectivity index (χ0) is 12.0. The number of carbonyl (C=O) groups excluding carboxylic acids is 1. The van der Waals surface area contributed by atoms with Crippen LogP contribution in [0.2, 0.25) is 0 Å². The number of benzene rings is 1. The van der Waals surface area contributed by atoms with E-state index >= 15 is 0 Å². The Kier molecular flexibility index (Phi) is 4.88. The maximum absolute atomic E-state index is 12.8. The summed E-state index contributed by atoms with van der Waals surface area (Å²) in [7, 11) is 3.43. The second kappa shape index (κ2) is 6.19. The molecule has 5 heteroatoms. The third kappa shape index (κ3) is 4.86. The van der Waals surface area contributed by atoms with Crippen molar-refractivity contribution in [2.24, 2.45) is 0 Å². The summed E-state index contributed by atoms with van der Waals surface area (Å²) in [5.41, 5.74) is 3.24. The van der Waals surface area contributed by atoms with Gasteiger partial charge in [-0.2, -0.15) is 0 Å². The minimum absolute atomic E-state index is 0.0469.